The summed E-state index contributed by atoms with van der Waals surface area (Å²) in [6.45, 7) is 7.98. The third kappa shape index (κ3) is 3.33. The summed E-state index contributed by atoms with van der Waals surface area (Å²) >= 11 is 0. The van der Waals surface area contributed by atoms with Crippen LogP contribution in [-0.4, -0.2) is 30.6 Å². The predicted octanol–water partition coefficient (Wildman–Crippen LogP) is 3.21. The van der Waals surface area contributed by atoms with E-state index in [4.69, 9.17) is 0 Å². The van der Waals surface area contributed by atoms with Crippen LogP contribution in [0.2, 0.25) is 0 Å². The minimum absolute atomic E-state index is 0.537. The molecule has 0 spiro atoms. The zero-order valence-electron chi connectivity index (χ0n) is 11.7. The molecule has 0 saturated carbocycles. The van der Waals surface area contributed by atoms with Gasteiger partial charge in [-0.25, -0.2) is 0 Å². The highest BCUT2D eigenvalue weighted by Gasteiger charge is 2.26. The molecule has 2 nitrogen and oxygen atoms in total. The molecular weight excluding hydrogens is 220 g/mol. The third-order valence-electron chi connectivity index (χ3n) is 4.08. The Morgan fingerprint density at radius 3 is 2.78 bits per heavy atom. The van der Waals surface area contributed by atoms with Gasteiger partial charge < -0.3 is 5.32 Å². The molecular formula is C16H26N2. The van der Waals surface area contributed by atoms with Crippen molar-refractivity contribution in [2.45, 2.75) is 45.2 Å². The summed E-state index contributed by atoms with van der Waals surface area (Å²) in [7, 11) is 0. The number of nitrogens with one attached hydrogen (secondary N) is 1. The lowest BCUT2D eigenvalue weighted by Crippen LogP contribution is -2.46. The van der Waals surface area contributed by atoms with Crippen molar-refractivity contribution in [3.63, 3.8) is 0 Å². The Labute approximate surface area is 111 Å². The van der Waals surface area contributed by atoms with Crippen molar-refractivity contribution in [3.8, 4) is 0 Å². The fourth-order valence-electron chi connectivity index (χ4n) is 2.99. The fraction of sp³-hybridized carbons (Fsp3) is 0.625. The van der Waals surface area contributed by atoms with Gasteiger partial charge in [-0.1, -0.05) is 43.7 Å². The average Bonchev–Trinajstić information content (AvgIpc) is 2.45. The maximum Gasteiger partial charge on any atom is 0.0323 e. The molecule has 1 aromatic rings. The second kappa shape index (κ2) is 6.91. The van der Waals surface area contributed by atoms with Crippen molar-refractivity contribution in [2.75, 3.05) is 19.6 Å². The van der Waals surface area contributed by atoms with E-state index in [1.807, 2.05) is 0 Å². The summed E-state index contributed by atoms with van der Waals surface area (Å²) in [5.74, 6) is 0. The maximum absolute atomic E-state index is 3.51. The number of rotatable bonds is 5. The predicted molar refractivity (Wildman–Crippen MR) is 77.7 cm³/mol. The molecule has 1 saturated heterocycles. The van der Waals surface area contributed by atoms with Crippen LogP contribution in [-0.2, 0) is 0 Å². The van der Waals surface area contributed by atoms with E-state index < -0.39 is 0 Å². The monoisotopic (exact) mass is 246 g/mol. The Balaban J connectivity index is 2.03. The minimum atomic E-state index is 0.537. The highest BCUT2D eigenvalue weighted by Crippen LogP contribution is 2.27. The fourth-order valence-corrected chi connectivity index (χ4v) is 2.99. The van der Waals surface area contributed by atoms with E-state index in [1.165, 1.54) is 31.4 Å². The Bertz CT molecular complexity index is 336. The molecule has 0 amide bonds. The van der Waals surface area contributed by atoms with Gasteiger partial charge in [-0.15, -0.1) is 0 Å². The summed E-state index contributed by atoms with van der Waals surface area (Å²) in [6, 6.07) is 12.1. The first kappa shape index (κ1) is 13.6. The first-order valence-corrected chi connectivity index (χ1v) is 7.34. The van der Waals surface area contributed by atoms with Crippen LogP contribution in [0.3, 0.4) is 0 Å². The van der Waals surface area contributed by atoms with Gasteiger partial charge in [0.2, 0.25) is 0 Å². The van der Waals surface area contributed by atoms with Crippen LogP contribution in [0, 0.1) is 0 Å². The lowest BCUT2D eigenvalue weighted by atomic mass is 9.97. The standard InChI is InChI=1S/C16H26N2/c1-3-17-13-16-11-7-8-12-18(16)14(2)15-9-5-4-6-10-15/h4-6,9-10,14,16-17H,3,7-8,11-13H2,1-2H3. The number of hydrogen-bond donors (Lipinski definition) is 1. The molecule has 100 valence electrons. The van der Waals surface area contributed by atoms with Gasteiger partial charge in [0.05, 0.1) is 0 Å². The molecule has 18 heavy (non-hydrogen) atoms. The number of piperidine rings is 1. The van der Waals surface area contributed by atoms with Crippen molar-refractivity contribution in [2.24, 2.45) is 0 Å². The zero-order valence-corrected chi connectivity index (χ0v) is 11.7. The van der Waals surface area contributed by atoms with Crippen molar-refractivity contribution in [1.82, 2.24) is 10.2 Å². The Morgan fingerprint density at radius 1 is 1.28 bits per heavy atom. The van der Waals surface area contributed by atoms with Crippen molar-refractivity contribution < 1.29 is 0 Å². The Morgan fingerprint density at radius 2 is 2.06 bits per heavy atom. The van der Waals surface area contributed by atoms with Gasteiger partial charge in [0.1, 0.15) is 0 Å². The molecule has 1 N–H and O–H groups in total. The molecule has 1 aromatic carbocycles. The largest absolute Gasteiger partial charge is 0.315 e. The number of likely N-dealkylation sites (tertiary alicyclic amines) is 1. The van der Waals surface area contributed by atoms with Gasteiger partial charge >= 0.3 is 0 Å². The van der Waals surface area contributed by atoms with Crippen LogP contribution in [0.5, 0.6) is 0 Å². The number of nitrogens with zero attached hydrogens (tertiary/aromatic N) is 1. The normalized spacial score (nSPS) is 22.9. The summed E-state index contributed by atoms with van der Waals surface area (Å²) < 4.78 is 0. The van der Waals surface area contributed by atoms with E-state index >= 15 is 0 Å². The van der Waals surface area contributed by atoms with Gasteiger partial charge in [-0.05, 0) is 38.4 Å². The molecule has 2 unspecified atom stereocenters. The summed E-state index contributed by atoms with van der Waals surface area (Å²) in [4.78, 5) is 2.68. The van der Waals surface area contributed by atoms with Crippen molar-refractivity contribution in [1.29, 1.82) is 0 Å². The van der Waals surface area contributed by atoms with Gasteiger partial charge in [-0.3, -0.25) is 4.90 Å². The lowest BCUT2D eigenvalue weighted by Gasteiger charge is -2.40. The number of benzene rings is 1. The van der Waals surface area contributed by atoms with E-state index in [-0.39, 0.29) is 0 Å². The Hall–Kier alpha value is -0.860. The van der Waals surface area contributed by atoms with Gasteiger partial charge in [0, 0.05) is 18.6 Å². The van der Waals surface area contributed by atoms with E-state index in [0.29, 0.717) is 12.1 Å². The SMILES string of the molecule is CCNCC1CCCCN1C(C)c1ccccc1. The summed E-state index contributed by atoms with van der Waals surface area (Å²) in [5, 5.41) is 3.51. The summed E-state index contributed by atoms with van der Waals surface area (Å²) in [6.07, 6.45) is 4.07. The smallest absolute Gasteiger partial charge is 0.0323 e. The number of likely N-dealkylation sites (N-methyl/N-ethyl adjacent to an activating group) is 1. The molecule has 2 atom stereocenters. The van der Waals surface area contributed by atoms with Crippen LogP contribution in [0.1, 0.15) is 44.7 Å². The molecule has 2 heteroatoms. The van der Waals surface area contributed by atoms with Gasteiger partial charge in [0.15, 0.2) is 0 Å². The Kier molecular flexibility index (Phi) is 5.21. The highest BCUT2D eigenvalue weighted by atomic mass is 15.2. The second-order valence-electron chi connectivity index (χ2n) is 5.28. The molecule has 0 aromatic heterocycles. The van der Waals surface area contributed by atoms with E-state index in [1.54, 1.807) is 0 Å². The third-order valence-corrected chi connectivity index (χ3v) is 4.08. The maximum atomic E-state index is 3.51. The number of hydrogen-bond acceptors (Lipinski definition) is 2. The first-order valence-electron chi connectivity index (χ1n) is 7.34. The zero-order chi connectivity index (χ0) is 12.8. The van der Waals surface area contributed by atoms with Gasteiger partial charge in [0.25, 0.3) is 0 Å². The van der Waals surface area contributed by atoms with Crippen LogP contribution >= 0.6 is 0 Å². The molecule has 1 aliphatic rings. The van der Waals surface area contributed by atoms with E-state index in [9.17, 15) is 0 Å². The van der Waals surface area contributed by atoms with E-state index in [0.717, 1.165) is 13.1 Å². The van der Waals surface area contributed by atoms with Crippen molar-refractivity contribution >= 4 is 0 Å². The van der Waals surface area contributed by atoms with Crippen LogP contribution in [0.25, 0.3) is 0 Å². The highest BCUT2D eigenvalue weighted by molar-refractivity contribution is 5.18. The minimum Gasteiger partial charge on any atom is -0.315 e. The molecule has 0 radical (unpaired) electrons. The van der Waals surface area contributed by atoms with Crippen LogP contribution in [0.4, 0.5) is 0 Å². The van der Waals surface area contributed by atoms with Crippen molar-refractivity contribution in [3.05, 3.63) is 35.9 Å². The van der Waals surface area contributed by atoms with E-state index in [2.05, 4.69) is 54.4 Å². The summed E-state index contributed by atoms with van der Waals surface area (Å²) in [5.41, 5.74) is 1.45. The lowest BCUT2D eigenvalue weighted by molar-refractivity contribution is 0.102. The second-order valence-corrected chi connectivity index (χ2v) is 5.28. The van der Waals surface area contributed by atoms with Crippen LogP contribution < -0.4 is 5.32 Å². The van der Waals surface area contributed by atoms with Gasteiger partial charge in [-0.2, -0.15) is 0 Å². The molecule has 1 fully saturated rings. The average molecular weight is 246 g/mol. The quantitative estimate of drug-likeness (QED) is 0.858. The molecule has 1 heterocycles. The molecule has 0 aliphatic carbocycles. The van der Waals surface area contributed by atoms with Crippen LogP contribution in [0.15, 0.2) is 30.3 Å². The first-order chi connectivity index (χ1) is 8.83. The molecule has 2 rings (SSSR count). The molecule has 0 bridgehead atoms. The molecule has 1 aliphatic heterocycles. The topological polar surface area (TPSA) is 15.3 Å².